The minimum atomic E-state index is 0.192. The topological polar surface area (TPSA) is 35.6 Å². The largest absolute Gasteiger partial charge is 0.354 e. The Morgan fingerprint density at radius 3 is 2.62 bits per heavy atom. The maximum Gasteiger partial charge on any atom is 0.220 e. The molecule has 1 atom stereocenters. The highest BCUT2D eigenvalue weighted by molar-refractivity contribution is 9.09. The summed E-state index contributed by atoms with van der Waals surface area (Å²) in [7, 11) is 0. The fourth-order valence-corrected chi connectivity index (χ4v) is 2.75. The second-order valence-electron chi connectivity index (χ2n) is 4.59. The summed E-state index contributed by atoms with van der Waals surface area (Å²) in [5.74, 6) is 0.192. The standard InChI is InChI=1S/C11H20BrN3O/c12-3-1-2-11(16)13-8-10-9-14-4-6-15(10)7-5-14/h10H,1-9H2,(H,13,16). The third kappa shape index (κ3) is 3.18. The van der Waals surface area contributed by atoms with Gasteiger partial charge < -0.3 is 5.32 Å². The number of carbonyl (C=O) groups excluding carboxylic acids is 1. The van der Waals surface area contributed by atoms with Crippen LogP contribution in [0.1, 0.15) is 12.8 Å². The molecule has 92 valence electrons. The van der Waals surface area contributed by atoms with Crippen LogP contribution in [-0.2, 0) is 4.79 Å². The van der Waals surface area contributed by atoms with Crippen LogP contribution < -0.4 is 5.32 Å². The highest BCUT2D eigenvalue weighted by Crippen LogP contribution is 2.14. The first-order valence-corrected chi connectivity index (χ1v) is 7.21. The molecule has 16 heavy (non-hydrogen) atoms. The van der Waals surface area contributed by atoms with Gasteiger partial charge in [-0.1, -0.05) is 15.9 Å². The molecular weight excluding hydrogens is 270 g/mol. The van der Waals surface area contributed by atoms with Gasteiger partial charge in [0.1, 0.15) is 0 Å². The van der Waals surface area contributed by atoms with Crippen LogP contribution >= 0.6 is 15.9 Å². The van der Waals surface area contributed by atoms with Crippen molar-refractivity contribution in [2.24, 2.45) is 0 Å². The van der Waals surface area contributed by atoms with Crippen LogP contribution in [0.4, 0.5) is 0 Å². The van der Waals surface area contributed by atoms with E-state index >= 15 is 0 Å². The minimum Gasteiger partial charge on any atom is -0.354 e. The van der Waals surface area contributed by atoms with E-state index in [0.717, 1.165) is 24.8 Å². The van der Waals surface area contributed by atoms with Gasteiger partial charge in [-0.3, -0.25) is 14.6 Å². The fraction of sp³-hybridized carbons (Fsp3) is 0.909. The molecule has 0 radical (unpaired) electrons. The molecule has 0 aliphatic carbocycles. The van der Waals surface area contributed by atoms with Crippen LogP contribution in [0.2, 0.25) is 0 Å². The van der Waals surface area contributed by atoms with E-state index in [0.29, 0.717) is 12.5 Å². The zero-order valence-electron chi connectivity index (χ0n) is 9.62. The van der Waals surface area contributed by atoms with Crippen molar-refractivity contribution >= 4 is 21.8 Å². The molecule has 3 fully saturated rings. The van der Waals surface area contributed by atoms with E-state index in [9.17, 15) is 4.79 Å². The van der Waals surface area contributed by atoms with Gasteiger partial charge in [-0.25, -0.2) is 0 Å². The van der Waals surface area contributed by atoms with Crippen LogP contribution in [0.15, 0.2) is 0 Å². The number of carbonyl (C=O) groups is 1. The summed E-state index contributed by atoms with van der Waals surface area (Å²) in [5.41, 5.74) is 0. The number of nitrogens with one attached hydrogen (secondary N) is 1. The fourth-order valence-electron chi connectivity index (χ4n) is 2.47. The molecule has 5 heteroatoms. The maximum absolute atomic E-state index is 11.5. The lowest BCUT2D eigenvalue weighted by Crippen LogP contribution is -2.63. The smallest absolute Gasteiger partial charge is 0.220 e. The molecule has 0 aromatic heterocycles. The van der Waals surface area contributed by atoms with Gasteiger partial charge in [0.05, 0.1) is 0 Å². The summed E-state index contributed by atoms with van der Waals surface area (Å²) in [6.45, 7) is 6.68. The average Bonchev–Trinajstić information content (AvgIpc) is 2.35. The Hall–Kier alpha value is -0.130. The predicted octanol–water partition coefficient (Wildman–Crippen LogP) is 0.278. The van der Waals surface area contributed by atoms with E-state index in [4.69, 9.17) is 0 Å². The number of nitrogens with zero attached hydrogens (tertiary/aromatic N) is 2. The van der Waals surface area contributed by atoms with Gasteiger partial charge in [0.25, 0.3) is 0 Å². The monoisotopic (exact) mass is 289 g/mol. The Bertz CT molecular complexity index is 241. The van der Waals surface area contributed by atoms with E-state index in [1.165, 1.54) is 26.2 Å². The zero-order chi connectivity index (χ0) is 11.4. The molecule has 1 N–H and O–H groups in total. The summed E-state index contributed by atoms with van der Waals surface area (Å²) >= 11 is 3.34. The molecule has 3 heterocycles. The third-order valence-corrected chi connectivity index (χ3v) is 4.03. The van der Waals surface area contributed by atoms with E-state index in [-0.39, 0.29) is 5.91 Å². The lowest BCUT2D eigenvalue weighted by molar-refractivity contribution is -0.121. The Balaban J connectivity index is 1.68. The van der Waals surface area contributed by atoms with Crippen molar-refractivity contribution in [1.82, 2.24) is 15.1 Å². The Kier molecular flexibility index (Phi) is 4.61. The van der Waals surface area contributed by atoms with Gasteiger partial charge in [-0.05, 0) is 6.42 Å². The summed E-state index contributed by atoms with van der Waals surface area (Å²) in [6, 6.07) is 0.537. The first kappa shape index (κ1) is 12.3. The first-order chi connectivity index (χ1) is 7.79. The number of hydrogen-bond donors (Lipinski definition) is 1. The summed E-state index contributed by atoms with van der Waals surface area (Å²) in [5, 5.41) is 3.95. The van der Waals surface area contributed by atoms with E-state index in [2.05, 4.69) is 31.0 Å². The molecule has 4 nitrogen and oxygen atoms in total. The molecule has 0 aromatic rings. The molecule has 3 saturated heterocycles. The number of fused-ring (bicyclic) bond motifs is 3. The number of halogens is 1. The summed E-state index contributed by atoms with van der Waals surface area (Å²) < 4.78 is 0. The van der Waals surface area contributed by atoms with Crippen molar-refractivity contribution in [1.29, 1.82) is 0 Å². The molecule has 3 aliphatic rings. The van der Waals surface area contributed by atoms with Gasteiger partial charge >= 0.3 is 0 Å². The molecule has 0 saturated carbocycles. The summed E-state index contributed by atoms with van der Waals surface area (Å²) in [6.07, 6.45) is 1.56. The molecule has 1 amide bonds. The number of amides is 1. The second kappa shape index (κ2) is 5.98. The van der Waals surface area contributed by atoms with Crippen LogP contribution in [0.25, 0.3) is 0 Å². The molecule has 0 aromatic carbocycles. The zero-order valence-corrected chi connectivity index (χ0v) is 11.2. The van der Waals surface area contributed by atoms with Gasteiger partial charge in [0.15, 0.2) is 0 Å². The van der Waals surface area contributed by atoms with Crippen molar-refractivity contribution in [3.05, 3.63) is 0 Å². The predicted molar refractivity (Wildman–Crippen MR) is 67.8 cm³/mol. The van der Waals surface area contributed by atoms with Crippen LogP contribution in [0.3, 0.4) is 0 Å². The Morgan fingerprint density at radius 1 is 1.31 bits per heavy atom. The van der Waals surface area contributed by atoms with Crippen LogP contribution in [0.5, 0.6) is 0 Å². The van der Waals surface area contributed by atoms with Gasteiger partial charge in [-0.2, -0.15) is 0 Å². The molecule has 0 spiro atoms. The van der Waals surface area contributed by atoms with Crippen LogP contribution in [-0.4, -0.2) is 66.3 Å². The summed E-state index contributed by atoms with van der Waals surface area (Å²) in [4.78, 5) is 16.5. The van der Waals surface area contributed by atoms with Gasteiger partial charge in [0.2, 0.25) is 5.91 Å². The van der Waals surface area contributed by atoms with Crippen LogP contribution in [0, 0.1) is 0 Å². The second-order valence-corrected chi connectivity index (χ2v) is 5.38. The minimum absolute atomic E-state index is 0.192. The number of rotatable bonds is 5. The highest BCUT2D eigenvalue weighted by atomic mass is 79.9. The number of alkyl halides is 1. The molecular formula is C11H20BrN3O. The van der Waals surface area contributed by atoms with Crippen molar-refractivity contribution in [3.8, 4) is 0 Å². The first-order valence-electron chi connectivity index (χ1n) is 6.08. The SMILES string of the molecule is O=C(CCCBr)NCC1CN2CCN1CC2. The molecule has 3 rings (SSSR count). The lowest BCUT2D eigenvalue weighted by atomic mass is 10.1. The van der Waals surface area contributed by atoms with Crippen molar-refractivity contribution in [3.63, 3.8) is 0 Å². The van der Waals surface area contributed by atoms with Crippen molar-refractivity contribution in [2.45, 2.75) is 18.9 Å². The molecule has 2 bridgehead atoms. The van der Waals surface area contributed by atoms with Gasteiger partial charge in [-0.15, -0.1) is 0 Å². The van der Waals surface area contributed by atoms with E-state index in [1.54, 1.807) is 0 Å². The normalized spacial score (nSPS) is 32.7. The lowest BCUT2D eigenvalue weighted by Gasteiger charge is -2.47. The Morgan fingerprint density at radius 2 is 2.06 bits per heavy atom. The Labute approximate surface area is 105 Å². The number of hydrogen-bond acceptors (Lipinski definition) is 3. The van der Waals surface area contributed by atoms with E-state index < -0.39 is 0 Å². The molecule has 3 aliphatic heterocycles. The number of piperazine rings is 3. The maximum atomic E-state index is 11.5. The quantitative estimate of drug-likeness (QED) is 0.739. The third-order valence-electron chi connectivity index (χ3n) is 3.46. The van der Waals surface area contributed by atoms with Crippen molar-refractivity contribution < 1.29 is 4.79 Å². The molecule has 1 unspecified atom stereocenters. The van der Waals surface area contributed by atoms with Gasteiger partial charge in [0, 0.05) is 57.1 Å². The average molecular weight is 290 g/mol. The van der Waals surface area contributed by atoms with Crippen molar-refractivity contribution in [2.75, 3.05) is 44.6 Å². The van der Waals surface area contributed by atoms with E-state index in [1.807, 2.05) is 0 Å². The highest BCUT2D eigenvalue weighted by Gasteiger charge is 2.31.